The average molecular weight is 263 g/mol. The maximum absolute atomic E-state index is 12.7. The van der Waals surface area contributed by atoms with Gasteiger partial charge in [-0.3, -0.25) is 0 Å². The van der Waals surface area contributed by atoms with Crippen molar-refractivity contribution in [3.05, 3.63) is 27.8 Å². The molecule has 0 aliphatic heterocycles. The van der Waals surface area contributed by atoms with Crippen LogP contribution in [0.3, 0.4) is 0 Å². The van der Waals surface area contributed by atoms with Gasteiger partial charge in [0.1, 0.15) is 5.82 Å². The normalized spacial score (nSPS) is 10.9. The van der Waals surface area contributed by atoms with Crippen LogP contribution >= 0.6 is 39.9 Å². The molecule has 0 fully saturated rings. The summed E-state index contributed by atoms with van der Waals surface area (Å²) in [6.45, 7) is 0. The summed E-state index contributed by atoms with van der Waals surface area (Å²) in [6.07, 6.45) is 0. The lowest BCUT2D eigenvalue weighted by Crippen LogP contribution is -1.69. The molecule has 0 saturated heterocycles. The van der Waals surface area contributed by atoms with Gasteiger partial charge in [0.2, 0.25) is 0 Å². The van der Waals surface area contributed by atoms with Gasteiger partial charge in [0.15, 0.2) is 0 Å². The zero-order valence-electron chi connectivity index (χ0n) is 5.84. The summed E-state index contributed by atoms with van der Waals surface area (Å²) in [5, 5.41) is 0.997. The predicted molar refractivity (Wildman–Crippen MR) is 56.7 cm³/mol. The third-order valence-electron chi connectivity index (χ3n) is 1.58. The monoisotopic (exact) mass is 262 g/mol. The second kappa shape index (κ2) is 3.01. The van der Waals surface area contributed by atoms with Crippen LogP contribution in [0.4, 0.5) is 4.39 Å². The number of benzene rings is 1. The Morgan fingerprint density at radius 3 is 2.92 bits per heavy atom. The molecule has 0 radical (unpaired) electrons. The van der Waals surface area contributed by atoms with E-state index in [1.165, 1.54) is 23.5 Å². The van der Waals surface area contributed by atoms with Crippen LogP contribution in [-0.2, 0) is 0 Å². The number of hydrogen-bond donors (Lipinski definition) is 1. The second-order valence-electron chi connectivity index (χ2n) is 2.36. The topological polar surface area (TPSA) is 0 Å². The van der Waals surface area contributed by atoms with Crippen LogP contribution in [0.5, 0.6) is 0 Å². The van der Waals surface area contributed by atoms with Gasteiger partial charge in [-0.05, 0) is 34.1 Å². The zero-order valence-corrected chi connectivity index (χ0v) is 9.14. The quantitative estimate of drug-likeness (QED) is 0.680. The highest BCUT2D eigenvalue weighted by Gasteiger charge is 2.06. The van der Waals surface area contributed by atoms with E-state index in [-0.39, 0.29) is 5.82 Å². The summed E-state index contributed by atoms with van der Waals surface area (Å²) in [7, 11) is 0. The molecule has 1 aromatic carbocycles. The summed E-state index contributed by atoms with van der Waals surface area (Å²) in [6, 6.07) is 4.71. The van der Waals surface area contributed by atoms with E-state index in [2.05, 4.69) is 28.6 Å². The van der Waals surface area contributed by atoms with Crippen LogP contribution in [0, 0.1) is 5.82 Å². The molecule has 0 amide bonds. The van der Waals surface area contributed by atoms with Crippen LogP contribution in [0.2, 0.25) is 0 Å². The first-order valence-corrected chi connectivity index (χ1v) is 5.30. The summed E-state index contributed by atoms with van der Waals surface area (Å²) in [4.78, 5) is 0.884. The van der Waals surface area contributed by atoms with Crippen molar-refractivity contribution in [2.75, 3.05) is 0 Å². The molecular weight excluding hydrogens is 259 g/mol. The van der Waals surface area contributed by atoms with Crippen LogP contribution in [0.15, 0.2) is 26.9 Å². The van der Waals surface area contributed by atoms with Crippen molar-refractivity contribution in [1.82, 2.24) is 0 Å². The third kappa shape index (κ3) is 1.28. The van der Waals surface area contributed by atoms with E-state index in [0.29, 0.717) is 0 Å². The van der Waals surface area contributed by atoms with E-state index in [0.717, 1.165) is 18.8 Å². The van der Waals surface area contributed by atoms with Crippen LogP contribution < -0.4 is 0 Å². The summed E-state index contributed by atoms with van der Waals surface area (Å²) in [5.74, 6) is -0.204. The Morgan fingerprint density at radius 2 is 2.17 bits per heavy atom. The van der Waals surface area contributed by atoms with Gasteiger partial charge in [-0.2, -0.15) is 0 Å². The van der Waals surface area contributed by atoms with Crippen LogP contribution in [-0.4, -0.2) is 0 Å². The van der Waals surface area contributed by atoms with Gasteiger partial charge in [0, 0.05) is 15.0 Å². The van der Waals surface area contributed by atoms with E-state index >= 15 is 0 Å². The predicted octanol–water partition coefficient (Wildman–Crippen LogP) is 4.09. The molecule has 0 bridgehead atoms. The molecule has 4 heteroatoms. The minimum atomic E-state index is -0.204. The molecule has 2 aromatic rings. The SMILES string of the molecule is Fc1ccc2c(S)c(Br)sc2c1. The van der Waals surface area contributed by atoms with Gasteiger partial charge in [-0.25, -0.2) is 4.39 Å². The van der Waals surface area contributed by atoms with Gasteiger partial charge in [0.05, 0.1) is 3.79 Å². The van der Waals surface area contributed by atoms with Gasteiger partial charge in [0.25, 0.3) is 0 Å². The van der Waals surface area contributed by atoms with Crippen molar-refractivity contribution in [3.8, 4) is 0 Å². The van der Waals surface area contributed by atoms with Crippen molar-refractivity contribution >= 4 is 50.0 Å². The minimum Gasteiger partial charge on any atom is -0.207 e. The fourth-order valence-corrected chi connectivity index (χ4v) is 3.02. The Bertz CT molecular complexity index is 436. The molecule has 0 nitrogen and oxygen atoms in total. The lowest BCUT2D eigenvalue weighted by Gasteiger charge is -1.89. The van der Waals surface area contributed by atoms with Crippen LogP contribution in [0.1, 0.15) is 0 Å². The summed E-state index contributed by atoms with van der Waals surface area (Å²) < 4.78 is 14.6. The maximum atomic E-state index is 12.7. The lowest BCUT2D eigenvalue weighted by atomic mass is 10.3. The van der Waals surface area contributed by atoms with Gasteiger partial charge >= 0.3 is 0 Å². The van der Waals surface area contributed by atoms with Crippen molar-refractivity contribution in [1.29, 1.82) is 0 Å². The fourth-order valence-electron chi connectivity index (χ4n) is 1.03. The average Bonchev–Trinajstić information content (AvgIpc) is 2.28. The Hall–Kier alpha value is -0.0600. The maximum Gasteiger partial charge on any atom is 0.124 e. The molecule has 0 aliphatic carbocycles. The number of rotatable bonds is 0. The Balaban J connectivity index is 2.87. The molecule has 2 rings (SSSR count). The van der Waals surface area contributed by atoms with Crippen molar-refractivity contribution < 1.29 is 4.39 Å². The first-order chi connectivity index (χ1) is 5.68. The highest BCUT2D eigenvalue weighted by Crippen LogP contribution is 2.37. The number of thiol groups is 1. The number of thiophene rings is 1. The van der Waals surface area contributed by atoms with Crippen molar-refractivity contribution in [3.63, 3.8) is 0 Å². The smallest absolute Gasteiger partial charge is 0.124 e. The number of hydrogen-bond acceptors (Lipinski definition) is 2. The molecule has 0 unspecified atom stereocenters. The van der Waals surface area contributed by atoms with E-state index in [1.807, 2.05) is 0 Å². The fraction of sp³-hybridized carbons (Fsp3) is 0. The zero-order chi connectivity index (χ0) is 8.72. The molecule has 0 N–H and O–H groups in total. The molecule has 62 valence electrons. The largest absolute Gasteiger partial charge is 0.207 e. The van der Waals surface area contributed by atoms with E-state index in [9.17, 15) is 4.39 Å². The highest BCUT2D eigenvalue weighted by atomic mass is 79.9. The Kier molecular flexibility index (Phi) is 2.14. The first kappa shape index (κ1) is 8.53. The Morgan fingerprint density at radius 1 is 1.42 bits per heavy atom. The number of fused-ring (bicyclic) bond motifs is 1. The molecule has 12 heavy (non-hydrogen) atoms. The standard InChI is InChI=1S/C8H4BrFS2/c9-8-7(11)5-2-1-4(10)3-6(5)12-8/h1-3,11H. The van der Waals surface area contributed by atoms with E-state index in [1.54, 1.807) is 6.07 Å². The molecule has 0 saturated carbocycles. The second-order valence-corrected chi connectivity index (χ2v) is 5.18. The summed E-state index contributed by atoms with van der Waals surface area (Å²) in [5.41, 5.74) is 0. The summed E-state index contributed by atoms with van der Waals surface area (Å²) >= 11 is 9.14. The highest BCUT2D eigenvalue weighted by molar-refractivity contribution is 9.11. The Labute approximate surface area is 86.9 Å². The van der Waals surface area contributed by atoms with E-state index in [4.69, 9.17) is 0 Å². The van der Waals surface area contributed by atoms with E-state index < -0.39 is 0 Å². The lowest BCUT2D eigenvalue weighted by molar-refractivity contribution is 0.630. The molecule has 1 aromatic heterocycles. The first-order valence-electron chi connectivity index (χ1n) is 3.25. The van der Waals surface area contributed by atoms with Crippen LogP contribution in [0.25, 0.3) is 10.1 Å². The molecule has 1 heterocycles. The molecule has 0 atom stereocenters. The third-order valence-corrected chi connectivity index (χ3v) is 4.33. The minimum absolute atomic E-state index is 0.204. The van der Waals surface area contributed by atoms with Gasteiger partial charge in [-0.15, -0.1) is 24.0 Å². The van der Waals surface area contributed by atoms with Gasteiger partial charge in [-0.1, -0.05) is 0 Å². The van der Waals surface area contributed by atoms with Crippen molar-refractivity contribution in [2.45, 2.75) is 4.90 Å². The molecular formula is C8H4BrFS2. The van der Waals surface area contributed by atoms with Gasteiger partial charge < -0.3 is 0 Å². The number of halogens is 2. The molecule has 0 spiro atoms. The van der Waals surface area contributed by atoms with Crippen molar-refractivity contribution in [2.24, 2.45) is 0 Å². The molecule has 0 aliphatic rings.